The first-order chi connectivity index (χ1) is 8.25. The van der Waals surface area contributed by atoms with Crippen molar-refractivity contribution in [1.29, 1.82) is 0 Å². The van der Waals surface area contributed by atoms with E-state index < -0.39 is 0 Å². The van der Waals surface area contributed by atoms with Crippen LogP contribution in [0.25, 0.3) is 11.0 Å². The first-order valence-corrected chi connectivity index (χ1v) is 7.26. The predicted octanol–water partition coefficient (Wildman–Crippen LogP) is 3.05. The van der Waals surface area contributed by atoms with Crippen LogP contribution in [-0.2, 0) is 0 Å². The molecule has 0 aliphatic carbocycles. The minimum atomic E-state index is -0.0147. The van der Waals surface area contributed by atoms with Crippen molar-refractivity contribution >= 4 is 34.4 Å². The average Bonchev–Trinajstić information content (AvgIpc) is 2.65. The van der Waals surface area contributed by atoms with E-state index in [9.17, 15) is 4.79 Å². The van der Waals surface area contributed by atoms with E-state index in [1.807, 2.05) is 28.5 Å². The van der Waals surface area contributed by atoms with Crippen molar-refractivity contribution in [1.82, 2.24) is 9.55 Å². The molecule has 3 rings (SSSR count). The molecule has 1 aliphatic rings. The van der Waals surface area contributed by atoms with Crippen LogP contribution in [-0.4, -0.2) is 21.1 Å². The molecule has 0 atom stereocenters. The molecule has 0 spiro atoms. The van der Waals surface area contributed by atoms with Gasteiger partial charge in [-0.3, -0.25) is 4.57 Å². The topological polar surface area (TPSA) is 37.8 Å². The molecule has 1 aromatic heterocycles. The monoisotopic (exact) mass is 268 g/mol. The molecule has 1 aliphatic heterocycles. The minimum Gasteiger partial charge on any atom is -0.306 e. The SMILES string of the molecule is O=c1[nH]c2ccc(Cl)cc2n1C1CCSCC1. The van der Waals surface area contributed by atoms with Crippen molar-refractivity contribution in [3.63, 3.8) is 0 Å². The standard InChI is InChI=1S/C12H13ClN2OS/c13-8-1-2-10-11(7-8)15(12(16)14-10)9-3-5-17-6-4-9/h1-2,7,9H,3-6H2,(H,14,16). The van der Waals surface area contributed by atoms with Crippen LogP contribution in [0.3, 0.4) is 0 Å². The fourth-order valence-corrected chi connectivity index (χ4v) is 3.65. The van der Waals surface area contributed by atoms with Crippen molar-refractivity contribution in [2.45, 2.75) is 18.9 Å². The summed E-state index contributed by atoms with van der Waals surface area (Å²) >= 11 is 7.96. The summed E-state index contributed by atoms with van der Waals surface area (Å²) < 4.78 is 1.88. The number of aromatic nitrogens is 2. The van der Waals surface area contributed by atoms with Gasteiger partial charge in [-0.2, -0.15) is 11.8 Å². The maximum Gasteiger partial charge on any atom is 0.326 e. The summed E-state index contributed by atoms with van der Waals surface area (Å²) in [5.41, 5.74) is 1.79. The molecule has 3 nitrogen and oxygen atoms in total. The van der Waals surface area contributed by atoms with Gasteiger partial charge < -0.3 is 4.98 Å². The highest BCUT2D eigenvalue weighted by Crippen LogP contribution is 2.29. The molecule has 1 fully saturated rings. The molecule has 5 heteroatoms. The van der Waals surface area contributed by atoms with Gasteiger partial charge in [-0.05, 0) is 42.5 Å². The maximum atomic E-state index is 12.0. The van der Waals surface area contributed by atoms with Gasteiger partial charge in [-0.15, -0.1) is 0 Å². The Bertz CT molecular complexity index is 598. The smallest absolute Gasteiger partial charge is 0.306 e. The second-order valence-corrected chi connectivity index (χ2v) is 5.97. The molecule has 90 valence electrons. The summed E-state index contributed by atoms with van der Waals surface area (Å²) in [7, 11) is 0. The van der Waals surface area contributed by atoms with Crippen LogP contribution in [0.4, 0.5) is 0 Å². The third-order valence-electron chi connectivity index (χ3n) is 3.24. The highest BCUT2D eigenvalue weighted by atomic mass is 35.5. The second kappa shape index (κ2) is 4.42. The Labute approximate surface area is 108 Å². The van der Waals surface area contributed by atoms with Crippen molar-refractivity contribution in [2.75, 3.05) is 11.5 Å². The maximum absolute atomic E-state index is 12.0. The lowest BCUT2D eigenvalue weighted by molar-refractivity contribution is 0.469. The van der Waals surface area contributed by atoms with E-state index in [0.717, 1.165) is 35.4 Å². The van der Waals surface area contributed by atoms with E-state index in [4.69, 9.17) is 11.6 Å². The van der Waals surface area contributed by atoms with Crippen LogP contribution in [0.15, 0.2) is 23.0 Å². The van der Waals surface area contributed by atoms with E-state index in [1.165, 1.54) is 0 Å². The molecule has 2 heterocycles. The van der Waals surface area contributed by atoms with Gasteiger partial charge in [-0.1, -0.05) is 11.6 Å². The van der Waals surface area contributed by atoms with Crippen molar-refractivity contribution in [3.05, 3.63) is 33.7 Å². The predicted molar refractivity (Wildman–Crippen MR) is 73.2 cm³/mol. The van der Waals surface area contributed by atoms with Gasteiger partial charge >= 0.3 is 5.69 Å². The van der Waals surface area contributed by atoms with Crippen LogP contribution in [0.5, 0.6) is 0 Å². The van der Waals surface area contributed by atoms with Crippen molar-refractivity contribution < 1.29 is 0 Å². The third-order valence-corrected chi connectivity index (χ3v) is 4.52. The first-order valence-electron chi connectivity index (χ1n) is 5.73. The molecule has 17 heavy (non-hydrogen) atoms. The summed E-state index contributed by atoms with van der Waals surface area (Å²) in [6, 6.07) is 5.86. The lowest BCUT2D eigenvalue weighted by Gasteiger charge is -2.22. The number of hydrogen-bond donors (Lipinski definition) is 1. The number of halogens is 1. The molecule has 0 unspecified atom stereocenters. The number of thioether (sulfide) groups is 1. The van der Waals surface area contributed by atoms with Gasteiger partial charge in [0.25, 0.3) is 0 Å². The summed E-state index contributed by atoms with van der Waals surface area (Å²) in [4.78, 5) is 14.9. The normalized spacial score (nSPS) is 17.7. The molecule has 1 aromatic carbocycles. The average molecular weight is 269 g/mol. The Morgan fingerprint density at radius 1 is 1.35 bits per heavy atom. The second-order valence-electron chi connectivity index (χ2n) is 4.31. The summed E-state index contributed by atoms with van der Waals surface area (Å²) in [6.07, 6.45) is 2.12. The van der Waals surface area contributed by atoms with Crippen LogP contribution in [0, 0.1) is 0 Å². The lowest BCUT2D eigenvalue weighted by atomic mass is 10.1. The van der Waals surface area contributed by atoms with Crippen LogP contribution in [0.2, 0.25) is 5.02 Å². The number of benzene rings is 1. The summed E-state index contributed by atoms with van der Waals surface area (Å²) in [5, 5.41) is 0.676. The minimum absolute atomic E-state index is 0.0147. The van der Waals surface area contributed by atoms with E-state index in [1.54, 1.807) is 6.07 Å². The van der Waals surface area contributed by atoms with Gasteiger partial charge in [0.1, 0.15) is 0 Å². The molecule has 0 saturated carbocycles. The Kier molecular flexibility index (Phi) is 2.92. The number of nitrogens with one attached hydrogen (secondary N) is 1. The highest BCUT2D eigenvalue weighted by molar-refractivity contribution is 7.99. The van der Waals surface area contributed by atoms with Gasteiger partial charge in [0.2, 0.25) is 0 Å². The number of aromatic amines is 1. The Morgan fingerprint density at radius 3 is 2.88 bits per heavy atom. The van der Waals surface area contributed by atoms with Crippen molar-refractivity contribution in [2.24, 2.45) is 0 Å². The molecule has 1 N–H and O–H groups in total. The Balaban J connectivity index is 2.16. The quantitative estimate of drug-likeness (QED) is 0.863. The van der Waals surface area contributed by atoms with E-state index in [0.29, 0.717) is 11.1 Å². The zero-order valence-electron chi connectivity index (χ0n) is 9.28. The number of imidazole rings is 1. The van der Waals surface area contributed by atoms with Gasteiger partial charge in [0.05, 0.1) is 11.0 Å². The summed E-state index contributed by atoms with van der Waals surface area (Å²) in [5.74, 6) is 2.26. The molecule has 0 bridgehead atoms. The molecular formula is C12H13ClN2OS. The number of rotatable bonds is 1. The van der Waals surface area contributed by atoms with E-state index in [-0.39, 0.29) is 5.69 Å². The van der Waals surface area contributed by atoms with Gasteiger partial charge in [-0.25, -0.2) is 4.79 Å². The van der Waals surface area contributed by atoms with E-state index in [2.05, 4.69) is 4.98 Å². The lowest BCUT2D eigenvalue weighted by Crippen LogP contribution is -2.25. The Morgan fingerprint density at radius 2 is 2.12 bits per heavy atom. The van der Waals surface area contributed by atoms with Crippen LogP contribution >= 0.6 is 23.4 Å². The van der Waals surface area contributed by atoms with Crippen LogP contribution < -0.4 is 5.69 Å². The number of H-pyrrole nitrogens is 1. The Hall–Kier alpha value is -0.870. The zero-order chi connectivity index (χ0) is 11.8. The van der Waals surface area contributed by atoms with Gasteiger partial charge in [0.15, 0.2) is 0 Å². The molecule has 2 aromatic rings. The molecular weight excluding hydrogens is 256 g/mol. The van der Waals surface area contributed by atoms with Crippen molar-refractivity contribution in [3.8, 4) is 0 Å². The highest BCUT2D eigenvalue weighted by Gasteiger charge is 2.19. The number of fused-ring (bicyclic) bond motifs is 1. The third kappa shape index (κ3) is 2.00. The summed E-state index contributed by atoms with van der Waals surface area (Å²) in [6.45, 7) is 0. The zero-order valence-corrected chi connectivity index (χ0v) is 10.9. The fraction of sp³-hybridized carbons (Fsp3) is 0.417. The number of hydrogen-bond acceptors (Lipinski definition) is 2. The van der Waals surface area contributed by atoms with Crippen LogP contribution in [0.1, 0.15) is 18.9 Å². The molecule has 0 amide bonds. The fourth-order valence-electron chi connectivity index (χ4n) is 2.40. The first kappa shape index (κ1) is 11.2. The molecule has 0 radical (unpaired) electrons. The largest absolute Gasteiger partial charge is 0.326 e. The van der Waals surface area contributed by atoms with E-state index >= 15 is 0 Å². The number of nitrogens with zero attached hydrogens (tertiary/aromatic N) is 1. The van der Waals surface area contributed by atoms with Gasteiger partial charge in [0, 0.05) is 11.1 Å². The molecule has 1 saturated heterocycles.